The molecule has 6 unspecified atom stereocenters. The van der Waals surface area contributed by atoms with Crippen LogP contribution >= 0.6 is 0 Å². The van der Waals surface area contributed by atoms with Crippen LogP contribution in [0.3, 0.4) is 0 Å². The molecule has 6 atom stereocenters. The van der Waals surface area contributed by atoms with Crippen molar-refractivity contribution < 1.29 is 49.0 Å². The van der Waals surface area contributed by atoms with Crippen LogP contribution in [-0.2, 0) is 28.5 Å². The summed E-state index contributed by atoms with van der Waals surface area (Å²) in [4.78, 5) is 25.3. The fourth-order valence-electron chi connectivity index (χ4n) is 5.88. The summed E-state index contributed by atoms with van der Waals surface area (Å²) in [5, 5.41) is 40.1. The predicted molar refractivity (Wildman–Crippen MR) is 237 cm³/mol. The van der Waals surface area contributed by atoms with E-state index in [1.807, 2.05) is 12.2 Å². The van der Waals surface area contributed by atoms with Gasteiger partial charge < -0.3 is 39.4 Å². The zero-order valence-corrected chi connectivity index (χ0v) is 36.2. The summed E-state index contributed by atoms with van der Waals surface area (Å²) in [6.07, 6.45) is 44.2. The minimum absolute atomic E-state index is 0.137. The number of hydrogen-bond donors (Lipinski definition) is 4. The molecule has 10 nitrogen and oxygen atoms in total. The van der Waals surface area contributed by atoms with E-state index in [4.69, 9.17) is 18.9 Å². The van der Waals surface area contributed by atoms with Gasteiger partial charge in [0, 0.05) is 12.8 Å². The highest BCUT2D eigenvalue weighted by molar-refractivity contribution is 5.70. The first-order valence-electron chi connectivity index (χ1n) is 22.3. The lowest BCUT2D eigenvalue weighted by atomic mass is 9.99. The topological polar surface area (TPSA) is 152 Å². The van der Waals surface area contributed by atoms with Gasteiger partial charge in [0.15, 0.2) is 12.4 Å². The van der Waals surface area contributed by atoms with Crippen LogP contribution in [0.4, 0.5) is 0 Å². The number of unbranched alkanes of at least 4 members (excludes halogenated alkanes) is 8. The zero-order chi connectivity index (χ0) is 43.0. The summed E-state index contributed by atoms with van der Waals surface area (Å²) in [5.74, 6) is -0.949. The van der Waals surface area contributed by atoms with E-state index in [9.17, 15) is 30.0 Å². The van der Waals surface area contributed by atoms with Crippen LogP contribution in [0.5, 0.6) is 0 Å². The van der Waals surface area contributed by atoms with E-state index in [0.29, 0.717) is 25.7 Å². The number of esters is 2. The van der Waals surface area contributed by atoms with E-state index in [1.165, 1.54) is 38.5 Å². The standard InChI is InChI=1S/C49H78O10/c1-3-5-7-9-11-13-15-17-19-21-23-25-27-29-31-33-35-37-44(51)56-40-42(41-57-49-48(55)47(54)46(53)43(39-50)59-49)58-45(52)38-36-34-32-30-28-26-24-22-20-18-16-14-12-10-8-6-4-2/h11-14,17-20,23-26,29-32,42-43,46-50,53-55H,3-10,15-16,21-22,27-28,33-41H2,1-2H3. The highest BCUT2D eigenvalue weighted by atomic mass is 16.7. The molecule has 1 saturated heterocycles. The Labute approximate surface area is 356 Å². The highest BCUT2D eigenvalue weighted by Gasteiger charge is 2.44. The maximum atomic E-state index is 12.7. The first-order valence-corrected chi connectivity index (χ1v) is 22.3. The van der Waals surface area contributed by atoms with Crippen molar-refractivity contribution in [3.05, 3.63) is 97.2 Å². The second-order valence-electron chi connectivity index (χ2n) is 14.8. The molecule has 0 aromatic heterocycles. The molecular weight excluding hydrogens is 749 g/mol. The number of carbonyl (C=O) groups is 2. The van der Waals surface area contributed by atoms with E-state index >= 15 is 0 Å². The molecule has 10 heteroatoms. The van der Waals surface area contributed by atoms with E-state index in [2.05, 4.69) is 98.9 Å². The van der Waals surface area contributed by atoms with Crippen molar-refractivity contribution in [1.29, 1.82) is 0 Å². The Morgan fingerprint density at radius 3 is 1.36 bits per heavy atom. The Morgan fingerprint density at radius 2 is 0.932 bits per heavy atom. The lowest BCUT2D eigenvalue weighted by Crippen LogP contribution is -2.59. The van der Waals surface area contributed by atoms with E-state index in [1.54, 1.807) is 0 Å². The molecule has 4 N–H and O–H groups in total. The van der Waals surface area contributed by atoms with Crippen LogP contribution in [-0.4, -0.2) is 89.0 Å². The second-order valence-corrected chi connectivity index (χ2v) is 14.8. The van der Waals surface area contributed by atoms with Gasteiger partial charge in [0.2, 0.25) is 0 Å². The summed E-state index contributed by atoms with van der Waals surface area (Å²) in [6.45, 7) is 3.23. The number of rotatable bonds is 35. The van der Waals surface area contributed by atoms with Gasteiger partial charge in [-0.25, -0.2) is 0 Å². The molecule has 0 saturated carbocycles. The molecule has 0 bridgehead atoms. The highest BCUT2D eigenvalue weighted by Crippen LogP contribution is 2.22. The summed E-state index contributed by atoms with van der Waals surface area (Å²) >= 11 is 0. The summed E-state index contributed by atoms with van der Waals surface area (Å²) in [7, 11) is 0. The fraction of sp³-hybridized carbons (Fsp3) is 0.633. The first kappa shape index (κ1) is 53.6. The van der Waals surface area contributed by atoms with Crippen molar-refractivity contribution in [2.24, 2.45) is 0 Å². The monoisotopic (exact) mass is 827 g/mol. The van der Waals surface area contributed by atoms with Gasteiger partial charge in [-0.2, -0.15) is 0 Å². The molecule has 0 radical (unpaired) electrons. The third-order valence-corrected chi connectivity index (χ3v) is 9.44. The minimum Gasteiger partial charge on any atom is -0.462 e. The third-order valence-electron chi connectivity index (χ3n) is 9.44. The predicted octanol–water partition coefficient (Wildman–Crippen LogP) is 9.55. The average molecular weight is 827 g/mol. The van der Waals surface area contributed by atoms with Crippen molar-refractivity contribution in [1.82, 2.24) is 0 Å². The molecule has 1 rings (SSSR count). The quantitative estimate of drug-likeness (QED) is 0.0276. The molecule has 0 amide bonds. The number of aliphatic hydroxyl groups is 4. The normalized spacial score (nSPS) is 20.9. The van der Waals surface area contributed by atoms with Crippen molar-refractivity contribution in [3.8, 4) is 0 Å². The van der Waals surface area contributed by atoms with Gasteiger partial charge in [0.25, 0.3) is 0 Å². The Balaban J connectivity index is 2.44. The lowest BCUT2D eigenvalue weighted by Gasteiger charge is -2.39. The summed E-state index contributed by atoms with van der Waals surface area (Å²) in [5.41, 5.74) is 0. The van der Waals surface area contributed by atoms with Crippen molar-refractivity contribution in [2.45, 2.75) is 179 Å². The lowest BCUT2D eigenvalue weighted by molar-refractivity contribution is -0.305. The smallest absolute Gasteiger partial charge is 0.306 e. The molecular formula is C49H78O10. The number of hydrogen-bond acceptors (Lipinski definition) is 10. The van der Waals surface area contributed by atoms with E-state index in [0.717, 1.165) is 51.4 Å². The van der Waals surface area contributed by atoms with Crippen LogP contribution in [0.15, 0.2) is 97.2 Å². The van der Waals surface area contributed by atoms with Gasteiger partial charge in [-0.05, 0) is 89.9 Å². The molecule has 0 aromatic carbocycles. The molecule has 0 aromatic rings. The summed E-state index contributed by atoms with van der Waals surface area (Å²) < 4.78 is 22.0. The average Bonchev–Trinajstić information content (AvgIpc) is 3.23. The number of aliphatic hydroxyl groups excluding tert-OH is 4. The minimum atomic E-state index is -1.62. The van der Waals surface area contributed by atoms with Crippen LogP contribution < -0.4 is 0 Å². The Hall–Kier alpha value is -3.38. The van der Waals surface area contributed by atoms with Gasteiger partial charge >= 0.3 is 11.9 Å². The summed E-state index contributed by atoms with van der Waals surface area (Å²) in [6, 6.07) is 0. The van der Waals surface area contributed by atoms with Gasteiger partial charge in [-0.3, -0.25) is 9.59 Å². The Bertz CT molecular complexity index is 1280. The fourth-order valence-corrected chi connectivity index (χ4v) is 5.88. The first-order chi connectivity index (χ1) is 28.8. The van der Waals surface area contributed by atoms with Crippen molar-refractivity contribution in [2.75, 3.05) is 19.8 Å². The van der Waals surface area contributed by atoms with Gasteiger partial charge in [0.05, 0.1) is 13.2 Å². The number of carbonyl (C=O) groups excluding carboxylic acids is 2. The molecule has 334 valence electrons. The van der Waals surface area contributed by atoms with Crippen LogP contribution in [0.25, 0.3) is 0 Å². The molecule has 1 heterocycles. The third kappa shape index (κ3) is 30.3. The van der Waals surface area contributed by atoms with Crippen molar-refractivity contribution in [3.63, 3.8) is 0 Å². The Kier molecular flexibility index (Phi) is 35.3. The number of ether oxygens (including phenoxy) is 4. The number of allylic oxidation sites excluding steroid dienone is 16. The maximum absolute atomic E-state index is 12.7. The zero-order valence-electron chi connectivity index (χ0n) is 36.2. The molecule has 0 spiro atoms. The van der Waals surface area contributed by atoms with Gasteiger partial charge in [0.1, 0.15) is 31.0 Å². The molecule has 1 fully saturated rings. The van der Waals surface area contributed by atoms with E-state index in [-0.39, 0.29) is 26.1 Å². The van der Waals surface area contributed by atoms with Crippen LogP contribution in [0.2, 0.25) is 0 Å². The molecule has 59 heavy (non-hydrogen) atoms. The molecule has 0 aliphatic carbocycles. The van der Waals surface area contributed by atoms with Gasteiger partial charge in [-0.1, -0.05) is 137 Å². The molecule has 1 aliphatic heterocycles. The SMILES string of the molecule is CCCCCC=CCC=CCC=CCC=CCCCC(=O)OCC(COC1OC(CO)C(O)C(O)C1O)OC(=O)CCCC=CCC=CCC=CCC=CCCCCC. The molecule has 1 aliphatic rings. The van der Waals surface area contributed by atoms with Crippen LogP contribution in [0.1, 0.15) is 142 Å². The largest absolute Gasteiger partial charge is 0.462 e. The van der Waals surface area contributed by atoms with E-state index < -0.39 is 55.4 Å². The van der Waals surface area contributed by atoms with Crippen LogP contribution in [0, 0.1) is 0 Å². The Morgan fingerprint density at radius 1 is 0.525 bits per heavy atom. The maximum Gasteiger partial charge on any atom is 0.306 e. The second kappa shape index (κ2) is 38.8. The van der Waals surface area contributed by atoms with Crippen molar-refractivity contribution >= 4 is 11.9 Å². The van der Waals surface area contributed by atoms with Gasteiger partial charge in [-0.15, -0.1) is 0 Å².